The highest BCUT2D eigenvalue weighted by Gasteiger charge is 2.13. The number of rotatable bonds is 3. The summed E-state index contributed by atoms with van der Waals surface area (Å²) >= 11 is 1.57. The van der Waals surface area contributed by atoms with E-state index in [1.807, 2.05) is 18.4 Å². The zero-order chi connectivity index (χ0) is 10.8. The maximum atomic E-state index is 10.6. The Hall–Kier alpha value is -1.76. The van der Waals surface area contributed by atoms with E-state index in [-0.39, 0.29) is 6.54 Å². The number of hydrogen-bond donors (Lipinski definition) is 1. The average Bonchev–Trinajstić information content (AvgIpc) is 2.73. The molecule has 6 nitrogen and oxygen atoms in total. The van der Waals surface area contributed by atoms with Crippen molar-refractivity contribution < 1.29 is 9.90 Å². The van der Waals surface area contributed by atoms with Crippen molar-refractivity contribution in [3.05, 3.63) is 16.3 Å². The predicted molar refractivity (Wildman–Crippen MR) is 53.5 cm³/mol. The summed E-state index contributed by atoms with van der Waals surface area (Å²) in [7, 11) is 0. The smallest absolute Gasteiger partial charge is 0.325 e. The van der Waals surface area contributed by atoms with Gasteiger partial charge >= 0.3 is 5.97 Å². The highest BCUT2D eigenvalue weighted by molar-refractivity contribution is 7.10. The molecule has 78 valence electrons. The number of carboxylic acids is 1. The van der Waals surface area contributed by atoms with Gasteiger partial charge in [-0.2, -0.15) is 0 Å². The maximum Gasteiger partial charge on any atom is 0.325 e. The Morgan fingerprint density at radius 3 is 3.07 bits per heavy atom. The number of hydrogen-bond acceptors (Lipinski definition) is 5. The molecule has 0 spiro atoms. The largest absolute Gasteiger partial charge is 0.480 e. The van der Waals surface area contributed by atoms with Gasteiger partial charge in [-0.15, -0.1) is 16.4 Å². The fraction of sp³-hybridized carbons (Fsp3) is 0.250. The van der Waals surface area contributed by atoms with Gasteiger partial charge < -0.3 is 5.11 Å². The molecule has 1 N–H and O–H groups in total. The van der Waals surface area contributed by atoms with Gasteiger partial charge in [-0.05, 0) is 28.8 Å². The molecule has 2 aromatic rings. The Kier molecular flexibility index (Phi) is 2.46. The lowest BCUT2D eigenvalue weighted by Crippen LogP contribution is -2.11. The van der Waals surface area contributed by atoms with Crippen molar-refractivity contribution in [2.75, 3.05) is 0 Å². The third kappa shape index (κ3) is 1.86. The summed E-state index contributed by atoms with van der Waals surface area (Å²) in [6.07, 6.45) is 0. The van der Waals surface area contributed by atoms with Crippen LogP contribution in [-0.4, -0.2) is 31.3 Å². The van der Waals surface area contributed by atoms with Crippen molar-refractivity contribution >= 4 is 17.3 Å². The number of thiophene rings is 1. The molecule has 0 radical (unpaired) electrons. The van der Waals surface area contributed by atoms with Crippen LogP contribution < -0.4 is 0 Å². The second-order valence-corrected chi connectivity index (χ2v) is 4.06. The van der Waals surface area contributed by atoms with E-state index in [2.05, 4.69) is 15.5 Å². The van der Waals surface area contributed by atoms with E-state index >= 15 is 0 Å². The standard InChI is InChI=1S/C8H8N4O2S/c1-5-6(2-3-15-5)8-9-10-11-12(8)4-7(13)14/h2-3H,4H2,1H3,(H,13,14). The Labute approximate surface area is 89.2 Å². The van der Waals surface area contributed by atoms with Crippen molar-refractivity contribution in [2.45, 2.75) is 13.5 Å². The minimum atomic E-state index is -0.962. The average molecular weight is 224 g/mol. The Morgan fingerprint density at radius 1 is 1.67 bits per heavy atom. The van der Waals surface area contributed by atoms with Crippen LogP contribution in [0.3, 0.4) is 0 Å². The maximum absolute atomic E-state index is 10.6. The van der Waals surface area contributed by atoms with E-state index < -0.39 is 5.97 Å². The Bertz CT molecular complexity index is 490. The van der Waals surface area contributed by atoms with Crippen LogP contribution in [0.4, 0.5) is 0 Å². The number of nitrogens with zero attached hydrogens (tertiary/aromatic N) is 4. The van der Waals surface area contributed by atoms with Crippen LogP contribution in [0.5, 0.6) is 0 Å². The van der Waals surface area contributed by atoms with Gasteiger partial charge in [-0.3, -0.25) is 4.79 Å². The molecule has 0 fully saturated rings. The minimum Gasteiger partial charge on any atom is -0.480 e. The van der Waals surface area contributed by atoms with E-state index in [0.717, 1.165) is 10.4 Å². The van der Waals surface area contributed by atoms with Crippen molar-refractivity contribution in [1.29, 1.82) is 0 Å². The van der Waals surface area contributed by atoms with Crippen molar-refractivity contribution in [2.24, 2.45) is 0 Å². The molecule has 2 heterocycles. The Balaban J connectivity index is 2.41. The molecule has 0 aromatic carbocycles. The van der Waals surface area contributed by atoms with Crippen LogP contribution in [0.2, 0.25) is 0 Å². The highest BCUT2D eigenvalue weighted by atomic mass is 32.1. The molecule has 0 saturated heterocycles. The third-order valence-electron chi connectivity index (χ3n) is 1.92. The molecular formula is C8H8N4O2S. The first-order valence-corrected chi connectivity index (χ1v) is 5.09. The number of tetrazole rings is 1. The summed E-state index contributed by atoms with van der Waals surface area (Å²) in [5.74, 6) is -0.465. The topological polar surface area (TPSA) is 80.9 Å². The summed E-state index contributed by atoms with van der Waals surface area (Å²) in [4.78, 5) is 11.6. The molecule has 0 bridgehead atoms. The van der Waals surface area contributed by atoms with Gasteiger partial charge in [0.1, 0.15) is 6.54 Å². The van der Waals surface area contributed by atoms with Crippen molar-refractivity contribution in [3.63, 3.8) is 0 Å². The van der Waals surface area contributed by atoms with Crippen molar-refractivity contribution in [3.8, 4) is 11.4 Å². The molecule has 0 amide bonds. The molecule has 0 aliphatic heterocycles. The molecule has 0 saturated carbocycles. The van der Waals surface area contributed by atoms with E-state index in [9.17, 15) is 4.79 Å². The molecule has 2 rings (SSSR count). The van der Waals surface area contributed by atoms with Gasteiger partial charge in [-0.25, -0.2) is 4.68 Å². The highest BCUT2D eigenvalue weighted by Crippen LogP contribution is 2.24. The lowest BCUT2D eigenvalue weighted by atomic mass is 10.2. The second-order valence-electron chi connectivity index (χ2n) is 2.94. The lowest BCUT2D eigenvalue weighted by Gasteiger charge is -1.99. The molecule has 0 aliphatic carbocycles. The van der Waals surface area contributed by atoms with Gasteiger partial charge in [0, 0.05) is 10.4 Å². The van der Waals surface area contributed by atoms with Gasteiger partial charge in [0.2, 0.25) is 0 Å². The van der Waals surface area contributed by atoms with E-state index in [1.165, 1.54) is 4.68 Å². The molecular weight excluding hydrogens is 216 g/mol. The molecule has 0 unspecified atom stereocenters. The molecule has 0 aliphatic rings. The number of aryl methyl sites for hydroxylation is 1. The van der Waals surface area contributed by atoms with Crippen LogP contribution in [0.1, 0.15) is 4.88 Å². The second kappa shape index (κ2) is 3.77. The van der Waals surface area contributed by atoms with E-state index in [1.54, 1.807) is 11.3 Å². The fourth-order valence-electron chi connectivity index (χ4n) is 1.25. The summed E-state index contributed by atoms with van der Waals surface area (Å²) in [5, 5.41) is 21.5. The first-order valence-electron chi connectivity index (χ1n) is 4.21. The quantitative estimate of drug-likeness (QED) is 0.833. The number of aromatic nitrogens is 4. The summed E-state index contributed by atoms with van der Waals surface area (Å²) in [6.45, 7) is 1.72. The fourth-order valence-corrected chi connectivity index (χ4v) is 1.94. The Morgan fingerprint density at radius 2 is 2.47 bits per heavy atom. The zero-order valence-electron chi connectivity index (χ0n) is 7.91. The van der Waals surface area contributed by atoms with Crippen molar-refractivity contribution in [1.82, 2.24) is 20.2 Å². The summed E-state index contributed by atoms with van der Waals surface area (Å²) < 4.78 is 1.28. The lowest BCUT2D eigenvalue weighted by molar-refractivity contribution is -0.137. The predicted octanol–water partition coefficient (Wildman–Crippen LogP) is 0.795. The number of aliphatic carboxylic acids is 1. The summed E-state index contributed by atoms with van der Waals surface area (Å²) in [5.41, 5.74) is 0.881. The molecule has 0 atom stereocenters. The monoisotopic (exact) mass is 224 g/mol. The van der Waals surface area contributed by atoms with E-state index in [4.69, 9.17) is 5.11 Å². The van der Waals surface area contributed by atoms with Crippen LogP contribution in [-0.2, 0) is 11.3 Å². The first kappa shape index (κ1) is 9.78. The van der Waals surface area contributed by atoms with Gasteiger partial charge in [0.25, 0.3) is 0 Å². The van der Waals surface area contributed by atoms with Crippen LogP contribution in [0, 0.1) is 6.92 Å². The minimum absolute atomic E-state index is 0.225. The first-order chi connectivity index (χ1) is 7.18. The van der Waals surface area contributed by atoms with E-state index in [0.29, 0.717) is 5.82 Å². The SMILES string of the molecule is Cc1sccc1-c1nnnn1CC(=O)O. The zero-order valence-corrected chi connectivity index (χ0v) is 8.73. The van der Waals surface area contributed by atoms with Gasteiger partial charge in [0.15, 0.2) is 5.82 Å². The number of carboxylic acid groups (broad SMARTS) is 1. The third-order valence-corrected chi connectivity index (χ3v) is 2.76. The normalized spacial score (nSPS) is 10.5. The molecule has 7 heteroatoms. The number of carbonyl (C=O) groups is 1. The van der Waals surface area contributed by atoms with Crippen LogP contribution >= 0.6 is 11.3 Å². The van der Waals surface area contributed by atoms with Gasteiger partial charge in [-0.1, -0.05) is 0 Å². The summed E-state index contributed by atoms with van der Waals surface area (Å²) in [6, 6.07) is 1.88. The van der Waals surface area contributed by atoms with Crippen LogP contribution in [0.15, 0.2) is 11.4 Å². The van der Waals surface area contributed by atoms with Gasteiger partial charge in [0.05, 0.1) is 0 Å². The van der Waals surface area contributed by atoms with Crippen LogP contribution in [0.25, 0.3) is 11.4 Å². The molecule has 2 aromatic heterocycles. The molecule has 15 heavy (non-hydrogen) atoms.